The van der Waals surface area contributed by atoms with Crippen molar-refractivity contribution in [2.75, 3.05) is 37.6 Å². The van der Waals surface area contributed by atoms with Crippen LogP contribution < -0.4 is 9.62 Å². The van der Waals surface area contributed by atoms with Gasteiger partial charge in [-0.3, -0.25) is 4.79 Å². The molecular weight excluding hydrogens is 465 g/mol. The van der Waals surface area contributed by atoms with Gasteiger partial charge in [0.25, 0.3) is 0 Å². The quantitative estimate of drug-likeness (QED) is 0.509. The van der Waals surface area contributed by atoms with Crippen molar-refractivity contribution in [3.8, 4) is 0 Å². The smallest absolute Gasteiger partial charge is 0.240 e. The van der Waals surface area contributed by atoms with Crippen molar-refractivity contribution in [2.45, 2.75) is 35.7 Å². The summed E-state index contributed by atoms with van der Waals surface area (Å²) >= 11 is 0. The Kier molecular flexibility index (Phi) is 7.48. The number of ether oxygens (including phenoxy) is 1. The van der Waals surface area contributed by atoms with E-state index in [4.69, 9.17) is 4.74 Å². The van der Waals surface area contributed by atoms with Gasteiger partial charge in [-0.1, -0.05) is 18.2 Å². The minimum Gasteiger partial charge on any atom is -0.388 e. The second-order valence-electron chi connectivity index (χ2n) is 8.41. The van der Waals surface area contributed by atoms with Gasteiger partial charge in [-0.15, -0.1) is 0 Å². The van der Waals surface area contributed by atoms with Crippen LogP contribution in [0.25, 0.3) is 0 Å². The number of carbonyl (C=O) groups is 1. The third-order valence-corrected chi connectivity index (χ3v) is 7.63. The third-order valence-electron chi connectivity index (χ3n) is 6.19. The van der Waals surface area contributed by atoms with E-state index in [9.17, 15) is 27.8 Å². The number of aliphatic hydroxyl groups is 2. The molecule has 2 aliphatic rings. The SMILES string of the molecule is O=C(C[C@@H]1O[C@@H](CNS(=O)(=O)c2ccccc2)[C@@H](O)[C@H]1O)N1CCN(c2ccc(F)cc2)CC1. The largest absolute Gasteiger partial charge is 0.388 e. The molecule has 0 aliphatic carbocycles. The van der Waals surface area contributed by atoms with Crippen molar-refractivity contribution in [3.63, 3.8) is 0 Å². The zero-order valence-electron chi connectivity index (χ0n) is 18.5. The molecule has 2 aliphatic heterocycles. The Morgan fingerprint density at radius 2 is 1.59 bits per heavy atom. The molecule has 4 rings (SSSR count). The molecule has 2 aromatic carbocycles. The topological polar surface area (TPSA) is 119 Å². The Bertz CT molecular complexity index is 1080. The number of aliphatic hydroxyl groups excluding tert-OH is 2. The number of piperazine rings is 1. The molecule has 2 heterocycles. The molecule has 0 saturated carbocycles. The first-order chi connectivity index (χ1) is 16.2. The summed E-state index contributed by atoms with van der Waals surface area (Å²) in [6.45, 7) is 1.84. The first-order valence-electron chi connectivity index (χ1n) is 11.1. The number of sulfonamides is 1. The number of carbonyl (C=O) groups excluding carboxylic acids is 1. The van der Waals surface area contributed by atoms with E-state index in [0.717, 1.165) is 5.69 Å². The van der Waals surface area contributed by atoms with Crippen LogP contribution >= 0.6 is 0 Å². The first-order valence-corrected chi connectivity index (χ1v) is 12.6. The fraction of sp³-hybridized carbons (Fsp3) is 0.435. The Hall–Kier alpha value is -2.57. The van der Waals surface area contributed by atoms with Crippen molar-refractivity contribution in [1.29, 1.82) is 0 Å². The molecule has 4 atom stereocenters. The van der Waals surface area contributed by atoms with Crippen molar-refractivity contribution >= 4 is 21.6 Å². The molecule has 0 aromatic heterocycles. The molecule has 34 heavy (non-hydrogen) atoms. The Labute approximate surface area is 197 Å². The average molecular weight is 494 g/mol. The van der Waals surface area contributed by atoms with E-state index in [0.29, 0.717) is 26.2 Å². The van der Waals surface area contributed by atoms with E-state index in [1.807, 2.05) is 0 Å². The summed E-state index contributed by atoms with van der Waals surface area (Å²) < 4.78 is 46.0. The summed E-state index contributed by atoms with van der Waals surface area (Å²) in [5, 5.41) is 20.7. The molecule has 2 saturated heterocycles. The summed E-state index contributed by atoms with van der Waals surface area (Å²) in [6.07, 6.45) is -4.69. The van der Waals surface area contributed by atoms with Crippen LogP contribution in [0.5, 0.6) is 0 Å². The molecule has 2 aromatic rings. The van der Waals surface area contributed by atoms with Crippen LogP contribution in [-0.4, -0.2) is 86.6 Å². The molecule has 3 N–H and O–H groups in total. The summed E-state index contributed by atoms with van der Waals surface area (Å²) in [5.74, 6) is -0.526. The van der Waals surface area contributed by atoms with E-state index >= 15 is 0 Å². The average Bonchev–Trinajstić information content (AvgIpc) is 3.12. The Morgan fingerprint density at radius 3 is 2.24 bits per heavy atom. The lowest BCUT2D eigenvalue weighted by Gasteiger charge is -2.36. The molecule has 184 valence electrons. The van der Waals surface area contributed by atoms with Crippen LogP contribution in [0.4, 0.5) is 10.1 Å². The number of rotatable bonds is 7. The van der Waals surface area contributed by atoms with Crippen LogP contribution in [0.15, 0.2) is 59.5 Å². The van der Waals surface area contributed by atoms with Crippen molar-refractivity contribution in [1.82, 2.24) is 9.62 Å². The van der Waals surface area contributed by atoms with Gasteiger partial charge in [0.2, 0.25) is 15.9 Å². The number of hydrogen-bond donors (Lipinski definition) is 3. The van der Waals surface area contributed by atoms with Gasteiger partial charge >= 0.3 is 0 Å². The number of benzene rings is 2. The van der Waals surface area contributed by atoms with Crippen molar-refractivity contribution in [3.05, 3.63) is 60.4 Å². The van der Waals surface area contributed by atoms with E-state index in [2.05, 4.69) is 9.62 Å². The molecule has 11 heteroatoms. The number of nitrogens with one attached hydrogen (secondary N) is 1. The van der Waals surface area contributed by atoms with Gasteiger partial charge in [0.1, 0.15) is 24.1 Å². The highest BCUT2D eigenvalue weighted by atomic mass is 32.2. The van der Waals surface area contributed by atoms with E-state index in [1.165, 1.54) is 24.3 Å². The van der Waals surface area contributed by atoms with Gasteiger partial charge in [-0.05, 0) is 36.4 Å². The molecule has 0 unspecified atom stereocenters. The lowest BCUT2D eigenvalue weighted by molar-refractivity contribution is -0.135. The van der Waals surface area contributed by atoms with Crippen molar-refractivity contribution in [2.24, 2.45) is 0 Å². The number of amides is 1. The molecule has 2 fully saturated rings. The highest BCUT2D eigenvalue weighted by Crippen LogP contribution is 2.25. The van der Waals surface area contributed by atoms with E-state index < -0.39 is 34.4 Å². The number of nitrogens with zero attached hydrogens (tertiary/aromatic N) is 2. The predicted octanol–water partition coefficient (Wildman–Crippen LogP) is 0.332. The summed E-state index contributed by atoms with van der Waals surface area (Å²) in [4.78, 5) is 16.6. The summed E-state index contributed by atoms with van der Waals surface area (Å²) in [6, 6.07) is 14.0. The highest BCUT2D eigenvalue weighted by molar-refractivity contribution is 7.89. The van der Waals surface area contributed by atoms with Crippen LogP contribution in [-0.2, 0) is 19.6 Å². The summed E-state index contributed by atoms with van der Waals surface area (Å²) in [5.41, 5.74) is 0.881. The predicted molar refractivity (Wildman–Crippen MR) is 122 cm³/mol. The normalized spacial score (nSPS) is 25.5. The lowest BCUT2D eigenvalue weighted by atomic mass is 10.0. The van der Waals surface area contributed by atoms with Crippen LogP contribution in [0.2, 0.25) is 0 Å². The van der Waals surface area contributed by atoms with Gasteiger partial charge in [-0.2, -0.15) is 0 Å². The van der Waals surface area contributed by atoms with Crippen molar-refractivity contribution < 1.29 is 32.6 Å². The monoisotopic (exact) mass is 493 g/mol. The van der Waals surface area contributed by atoms with Crippen LogP contribution in [0, 0.1) is 5.82 Å². The number of halogens is 1. The fourth-order valence-corrected chi connectivity index (χ4v) is 5.27. The van der Waals surface area contributed by atoms with E-state index in [1.54, 1.807) is 35.2 Å². The van der Waals surface area contributed by atoms with Crippen LogP contribution in [0.1, 0.15) is 6.42 Å². The molecule has 9 nitrogen and oxygen atoms in total. The van der Waals surface area contributed by atoms with Crippen LogP contribution in [0.3, 0.4) is 0 Å². The Balaban J connectivity index is 1.28. The zero-order valence-corrected chi connectivity index (χ0v) is 19.3. The van der Waals surface area contributed by atoms with Gasteiger partial charge in [0.15, 0.2) is 0 Å². The first kappa shape index (κ1) is 24.6. The Morgan fingerprint density at radius 1 is 0.971 bits per heavy atom. The number of anilines is 1. The molecule has 1 amide bonds. The second-order valence-corrected chi connectivity index (χ2v) is 10.2. The van der Waals surface area contributed by atoms with Gasteiger partial charge in [0, 0.05) is 38.4 Å². The molecular formula is C23H28FN3O6S. The molecule has 0 radical (unpaired) electrons. The third kappa shape index (κ3) is 5.56. The van der Waals surface area contributed by atoms with Gasteiger partial charge < -0.3 is 24.7 Å². The van der Waals surface area contributed by atoms with Gasteiger partial charge in [0.05, 0.1) is 17.4 Å². The maximum atomic E-state index is 13.1. The maximum absolute atomic E-state index is 13.1. The zero-order chi connectivity index (χ0) is 24.3. The van der Waals surface area contributed by atoms with E-state index in [-0.39, 0.29) is 29.6 Å². The standard InChI is InChI=1S/C23H28FN3O6S/c24-16-6-8-17(9-7-16)26-10-12-27(13-11-26)21(28)14-19-22(29)23(30)20(33-19)15-25-34(31,32)18-4-2-1-3-5-18/h1-9,19-20,22-23,25,29-30H,10-15H2/t19-,20-,22-,23+/m0/s1. The lowest BCUT2D eigenvalue weighted by Crippen LogP contribution is -2.49. The minimum atomic E-state index is -3.80. The highest BCUT2D eigenvalue weighted by Gasteiger charge is 2.44. The number of hydrogen-bond acceptors (Lipinski definition) is 7. The van der Waals surface area contributed by atoms with Gasteiger partial charge in [-0.25, -0.2) is 17.5 Å². The second kappa shape index (κ2) is 10.4. The minimum absolute atomic E-state index is 0.0783. The molecule has 0 bridgehead atoms. The molecule has 0 spiro atoms. The maximum Gasteiger partial charge on any atom is 0.240 e. The summed E-state index contributed by atoms with van der Waals surface area (Å²) in [7, 11) is -3.80. The fourth-order valence-electron chi connectivity index (χ4n) is 4.21.